The van der Waals surface area contributed by atoms with Crippen LogP contribution in [0.1, 0.15) is 23.6 Å². The van der Waals surface area contributed by atoms with Crippen LogP contribution in [0.2, 0.25) is 0 Å². The Balaban J connectivity index is 2.09. The summed E-state index contributed by atoms with van der Waals surface area (Å²) in [6.45, 7) is 1.69. The van der Waals surface area contributed by atoms with Crippen LogP contribution in [0.5, 0.6) is 0 Å². The molecule has 0 fully saturated rings. The van der Waals surface area contributed by atoms with Crippen molar-refractivity contribution in [1.82, 2.24) is 5.32 Å². The van der Waals surface area contributed by atoms with E-state index in [1.54, 1.807) is 14.0 Å². The van der Waals surface area contributed by atoms with Crippen LogP contribution in [0, 0.1) is 0 Å². The third kappa shape index (κ3) is 1.74. The molecule has 1 aliphatic carbocycles. The minimum atomic E-state index is -1.05. The number of carbonyl (C=O) groups is 1. The van der Waals surface area contributed by atoms with Gasteiger partial charge in [0.25, 0.3) is 0 Å². The number of nitrogens with one attached hydrogen (secondary N) is 1. The van der Waals surface area contributed by atoms with E-state index in [1.165, 1.54) is 22.3 Å². The van der Waals surface area contributed by atoms with Crippen molar-refractivity contribution >= 4 is 5.97 Å². The summed E-state index contributed by atoms with van der Waals surface area (Å²) in [6.07, 6.45) is 0.874. The van der Waals surface area contributed by atoms with Gasteiger partial charge in [-0.05, 0) is 48.2 Å². The van der Waals surface area contributed by atoms with Gasteiger partial charge in [-0.2, -0.15) is 0 Å². The minimum Gasteiger partial charge on any atom is -0.480 e. The Kier molecular flexibility index (Phi) is 2.87. The molecule has 2 aromatic carbocycles. The lowest BCUT2D eigenvalue weighted by Crippen LogP contribution is -2.44. The number of carboxylic acids is 1. The zero-order valence-corrected chi connectivity index (χ0v) is 11.6. The van der Waals surface area contributed by atoms with Crippen LogP contribution in [0.25, 0.3) is 11.1 Å². The van der Waals surface area contributed by atoms with Gasteiger partial charge in [-0.3, -0.25) is 0 Å². The second-order valence-electron chi connectivity index (χ2n) is 5.39. The molecule has 0 aliphatic heterocycles. The standard InChI is InChI=1S/C17H17NO2/c1-17(18-2,16(19)20)13-7-8-15-12(10-13)9-11-5-3-4-6-14(11)15/h3-8,10,18H,9H2,1-2H3,(H,19,20). The largest absolute Gasteiger partial charge is 0.480 e. The number of benzene rings is 2. The Morgan fingerprint density at radius 3 is 2.55 bits per heavy atom. The molecule has 3 rings (SSSR count). The van der Waals surface area contributed by atoms with Gasteiger partial charge in [0.05, 0.1) is 0 Å². The van der Waals surface area contributed by atoms with E-state index in [0.29, 0.717) is 0 Å². The van der Waals surface area contributed by atoms with Crippen molar-refractivity contribution in [1.29, 1.82) is 0 Å². The molecule has 2 aromatic rings. The Morgan fingerprint density at radius 2 is 1.85 bits per heavy atom. The van der Waals surface area contributed by atoms with Crippen molar-refractivity contribution in [3.05, 3.63) is 59.2 Å². The van der Waals surface area contributed by atoms with Gasteiger partial charge >= 0.3 is 5.97 Å². The van der Waals surface area contributed by atoms with Gasteiger partial charge in [0.1, 0.15) is 5.54 Å². The first-order chi connectivity index (χ1) is 9.56. The van der Waals surface area contributed by atoms with Crippen LogP contribution >= 0.6 is 0 Å². The normalized spacial score (nSPS) is 15.3. The SMILES string of the molecule is CNC(C)(C(=O)O)c1ccc2c(c1)Cc1ccccc1-2. The van der Waals surface area contributed by atoms with E-state index in [-0.39, 0.29) is 0 Å². The maximum Gasteiger partial charge on any atom is 0.328 e. The highest BCUT2D eigenvalue weighted by Crippen LogP contribution is 2.38. The lowest BCUT2D eigenvalue weighted by Gasteiger charge is -2.25. The van der Waals surface area contributed by atoms with Crippen molar-refractivity contribution in [2.75, 3.05) is 7.05 Å². The molecule has 0 saturated carbocycles. The maximum atomic E-state index is 11.5. The molecule has 1 unspecified atom stereocenters. The molecule has 3 nitrogen and oxygen atoms in total. The number of hydrogen-bond donors (Lipinski definition) is 2. The number of aliphatic carboxylic acids is 1. The molecule has 1 aliphatic rings. The molecule has 2 N–H and O–H groups in total. The number of rotatable bonds is 3. The van der Waals surface area contributed by atoms with Crippen molar-refractivity contribution in [3.63, 3.8) is 0 Å². The first-order valence-corrected chi connectivity index (χ1v) is 6.70. The van der Waals surface area contributed by atoms with Gasteiger partial charge in [-0.25, -0.2) is 4.79 Å². The van der Waals surface area contributed by atoms with Crippen molar-refractivity contribution < 1.29 is 9.90 Å². The summed E-state index contributed by atoms with van der Waals surface area (Å²) in [5.41, 5.74) is 4.72. The van der Waals surface area contributed by atoms with Gasteiger partial charge in [0, 0.05) is 0 Å². The van der Waals surface area contributed by atoms with Crippen LogP contribution in [0.15, 0.2) is 42.5 Å². The van der Waals surface area contributed by atoms with E-state index in [0.717, 1.165) is 12.0 Å². The van der Waals surface area contributed by atoms with E-state index >= 15 is 0 Å². The summed E-state index contributed by atoms with van der Waals surface area (Å²) in [4.78, 5) is 11.5. The third-order valence-corrected chi connectivity index (χ3v) is 4.30. The second kappa shape index (κ2) is 4.46. The smallest absolute Gasteiger partial charge is 0.328 e. The van der Waals surface area contributed by atoms with E-state index < -0.39 is 11.5 Å². The Labute approximate surface area is 118 Å². The highest BCUT2D eigenvalue weighted by molar-refractivity contribution is 5.82. The highest BCUT2D eigenvalue weighted by atomic mass is 16.4. The van der Waals surface area contributed by atoms with Crippen LogP contribution in [0.4, 0.5) is 0 Å². The van der Waals surface area contributed by atoms with Crippen LogP contribution in [-0.4, -0.2) is 18.1 Å². The molecule has 0 radical (unpaired) electrons. The Bertz CT molecular complexity index is 693. The summed E-state index contributed by atoms with van der Waals surface area (Å²) in [5, 5.41) is 12.4. The van der Waals surface area contributed by atoms with Gasteiger partial charge in [0.2, 0.25) is 0 Å². The molecule has 0 saturated heterocycles. The predicted molar refractivity (Wildman–Crippen MR) is 78.7 cm³/mol. The van der Waals surface area contributed by atoms with Gasteiger partial charge < -0.3 is 10.4 Å². The summed E-state index contributed by atoms with van der Waals surface area (Å²) in [5.74, 6) is -0.865. The summed E-state index contributed by atoms with van der Waals surface area (Å²) in [7, 11) is 1.68. The Hall–Kier alpha value is -2.13. The fourth-order valence-electron chi connectivity index (χ4n) is 2.83. The first kappa shape index (κ1) is 12.9. The fourth-order valence-corrected chi connectivity index (χ4v) is 2.83. The number of carboxylic acid groups (broad SMARTS) is 1. The number of hydrogen-bond acceptors (Lipinski definition) is 2. The summed E-state index contributed by atoms with van der Waals surface area (Å²) < 4.78 is 0. The third-order valence-electron chi connectivity index (χ3n) is 4.30. The van der Waals surface area contributed by atoms with E-state index in [9.17, 15) is 9.90 Å². The summed E-state index contributed by atoms with van der Waals surface area (Å²) in [6, 6.07) is 14.3. The van der Waals surface area contributed by atoms with Crippen LogP contribution in [0.3, 0.4) is 0 Å². The van der Waals surface area contributed by atoms with Crippen molar-refractivity contribution in [3.8, 4) is 11.1 Å². The molecule has 0 bridgehead atoms. The second-order valence-corrected chi connectivity index (χ2v) is 5.39. The predicted octanol–water partition coefficient (Wildman–Crippen LogP) is 2.78. The monoisotopic (exact) mass is 267 g/mol. The molecule has 0 heterocycles. The topological polar surface area (TPSA) is 49.3 Å². The molecular formula is C17H17NO2. The van der Waals surface area contributed by atoms with Gasteiger partial charge in [-0.1, -0.05) is 42.5 Å². The van der Waals surface area contributed by atoms with Gasteiger partial charge in [0.15, 0.2) is 0 Å². The molecule has 0 amide bonds. The average Bonchev–Trinajstić information content (AvgIpc) is 2.83. The van der Waals surface area contributed by atoms with Crippen molar-refractivity contribution in [2.45, 2.75) is 18.9 Å². The first-order valence-electron chi connectivity index (χ1n) is 6.70. The number of likely N-dealkylation sites (N-methyl/N-ethyl adjacent to an activating group) is 1. The van der Waals surface area contributed by atoms with E-state index in [2.05, 4.69) is 17.4 Å². The van der Waals surface area contributed by atoms with Crippen molar-refractivity contribution in [2.24, 2.45) is 0 Å². The van der Waals surface area contributed by atoms with Crippen LogP contribution in [-0.2, 0) is 16.8 Å². The molecule has 0 spiro atoms. The molecule has 20 heavy (non-hydrogen) atoms. The lowest BCUT2D eigenvalue weighted by molar-refractivity contribution is -0.144. The fraction of sp³-hybridized carbons (Fsp3) is 0.235. The highest BCUT2D eigenvalue weighted by Gasteiger charge is 2.34. The summed E-state index contributed by atoms with van der Waals surface area (Å²) >= 11 is 0. The van der Waals surface area contributed by atoms with E-state index in [4.69, 9.17) is 0 Å². The molecule has 0 aromatic heterocycles. The van der Waals surface area contributed by atoms with Gasteiger partial charge in [-0.15, -0.1) is 0 Å². The molecular weight excluding hydrogens is 250 g/mol. The maximum absolute atomic E-state index is 11.5. The Morgan fingerprint density at radius 1 is 1.15 bits per heavy atom. The molecule has 102 valence electrons. The lowest BCUT2D eigenvalue weighted by atomic mass is 9.89. The van der Waals surface area contributed by atoms with E-state index in [1.807, 2.05) is 30.3 Å². The molecule has 3 heteroatoms. The number of fused-ring (bicyclic) bond motifs is 3. The zero-order valence-electron chi connectivity index (χ0n) is 11.6. The van der Waals surface area contributed by atoms with Crippen LogP contribution < -0.4 is 5.32 Å². The molecule has 1 atom stereocenters. The zero-order chi connectivity index (χ0) is 14.3. The quantitative estimate of drug-likeness (QED) is 0.767. The minimum absolute atomic E-state index is 0.791. The average molecular weight is 267 g/mol.